The number of nitrogens with zero attached hydrogens (tertiary/aromatic N) is 1. The van der Waals surface area contributed by atoms with Crippen LogP contribution in [0.25, 0.3) is 0 Å². The first-order valence-corrected chi connectivity index (χ1v) is 7.51. The molecule has 1 fully saturated rings. The zero-order chi connectivity index (χ0) is 13.8. The Morgan fingerprint density at radius 2 is 2.26 bits per heavy atom. The predicted octanol–water partition coefficient (Wildman–Crippen LogP) is 3.33. The van der Waals surface area contributed by atoms with E-state index in [0.29, 0.717) is 31.4 Å². The van der Waals surface area contributed by atoms with Crippen LogP contribution in [-0.4, -0.2) is 30.5 Å². The molecule has 0 radical (unpaired) electrons. The van der Waals surface area contributed by atoms with Crippen LogP contribution in [0, 0.1) is 11.8 Å². The van der Waals surface area contributed by atoms with Crippen molar-refractivity contribution in [2.24, 2.45) is 11.8 Å². The smallest absolute Gasteiger partial charge is 0.223 e. The summed E-state index contributed by atoms with van der Waals surface area (Å²) in [5, 5.41) is 0. The lowest BCUT2D eigenvalue weighted by Gasteiger charge is -2.18. The fraction of sp³-hybridized carbons (Fsp3) is 0.533. The summed E-state index contributed by atoms with van der Waals surface area (Å²) >= 11 is 3.41. The lowest BCUT2D eigenvalue weighted by Crippen LogP contribution is -2.30. The van der Waals surface area contributed by atoms with Gasteiger partial charge in [-0.2, -0.15) is 0 Å². The van der Waals surface area contributed by atoms with E-state index in [-0.39, 0.29) is 5.91 Å². The van der Waals surface area contributed by atoms with Gasteiger partial charge in [0.05, 0.1) is 6.54 Å². The molecule has 0 N–H and O–H groups in total. The standard InChI is InChI=1S/C15H20BrNO2/c1-11(2)12-8-15(18)17(10-12)6-7-19-14-5-3-4-13(16)9-14/h3-5,9,11-12H,6-8,10H2,1-2H3. The molecule has 0 aliphatic carbocycles. The Morgan fingerprint density at radius 3 is 2.89 bits per heavy atom. The van der Waals surface area contributed by atoms with Crippen molar-refractivity contribution in [3.05, 3.63) is 28.7 Å². The zero-order valence-corrected chi connectivity index (χ0v) is 13.0. The van der Waals surface area contributed by atoms with Gasteiger partial charge in [-0.1, -0.05) is 35.8 Å². The number of ether oxygens (including phenoxy) is 1. The lowest BCUT2D eigenvalue weighted by atomic mass is 9.95. The van der Waals surface area contributed by atoms with Crippen molar-refractivity contribution >= 4 is 21.8 Å². The van der Waals surface area contributed by atoms with Gasteiger partial charge in [0.2, 0.25) is 5.91 Å². The van der Waals surface area contributed by atoms with Crippen LogP contribution in [0.1, 0.15) is 20.3 Å². The quantitative estimate of drug-likeness (QED) is 0.831. The second-order valence-electron chi connectivity index (χ2n) is 5.35. The number of benzene rings is 1. The highest BCUT2D eigenvalue weighted by Gasteiger charge is 2.30. The summed E-state index contributed by atoms with van der Waals surface area (Å²) in [5.41, 5.74) is 0. The summed E-state index contributed by atoms with van der Waals surface area (Å²) in [7, 11) is 0. The van der Waals surface area contributed by atoms with E-state index in [1.54, 1.807) is 0 Å². The van der Waals surface area contributed by atoms with Crippen molar-refractivity contribution in [1.82, 2.24) is 4.90 Å². The highest BCUT2D eigenvalue weighted by Crippen LogP contribution is 2.24. The molecule has 4 heteroatoms. The molecule has 1 aromatic carbocycles. The minimum atomic E-state index is 0.261. The molecule has 1 aliphatic rings. The number of rotatable bonds is 5. The molecule has 3 nitrogen and oxygen atoms in total. The van der Waals surface area contributed by atoms with Crippen LogP contribution in [0.3, 0.4) is 0 Å². The van der Waals surface area contributed by atoms with Crippen LogP contribution in [0.15, 0.2) is 28.7 Å². The van der Waals surface area contributed by atoms with Crippen LogP contribution in [-0.2, 0) is 4.79 Å². The molecule has 1 amide bonds. The highest BCUT2D eigenvalue weighted by molar-refractivity contribution is 9.10. The third kappa shape index (κ3) is 3.96. The molecule has 1 unspecified atom stereocenters. The van der Waals surface area contributed by atoms with Crippen LogP contribution in [0.4, 0.5) is 0 Å². The van der Waals surface area contributed by atoms with Gasteiger partial charge in [-0.15, -0.1) is 0 Å². The maximum Gasteiger partial charge on any atom is 0.223 e. The number of carbonyl (C=O) groups excluding carboxylic acids is 1. The molecular formula is C15H20BrNO2. The number of likely N-dealkylation sites (tertiary alicyclic amines) is 1. The summed E-state index contributed by atoms with van der Waals surface area (Å²) in [6.07, 6.45) is 0.689. The molecule has 1 heterocycles. The molecule has 0 spiro atoms. The van der Waals surface area contributed by atoms with E-state index in [1.165, 1.54) is 0 Å². The monoisotopic (exact) mass is 325 g/mol. The van der Waals surface area contributed by atoms with E-state index in [0.717, 1.165) is 16.8 Å². The van der Waals surface area contributed by atoms with E-state index < -0.39 is 0 Å². The molecule has 19 heavy (non-hydrogen) atoms. The minimum absolute atomic E-state index is 0.261. The molecule has 1 atom stereocenters. The van der Waals surface area contributed by atoms with Crippen LogP contribution < -0.4 is 4.74 Å². The van der Waals surface area contributed by atoms with Gasteiger partial charge < -0.3 is 9.64 Å². The molecule has 1 aliphatic heterocycles. The Labute approximate surface area is 123 Å². The van der Waals surface area contributed by atoms with Gasteiger partial charge in [-0.05, 0) is 30.0 Å². The summed E-state index contributed by atoms with van der Waals surface area (Å²) in [5.74, 6) is 2.16. The first kappa shape index (κ1) is 14.4. The summed E-state index contributed by atoms with van der Waals surface area (Å²) in [6, 6.07) is 7.76. The van der Waals surface area contributed by atoms with Crippen molar-refractivity contribution in [3.63, 3.8) is 0 Å². The fourth-order valence-electron chi connectivity index (χ4n) is 2.30. The molecule has 0 saturated carbocycles. The largest absolute Gasteiger partial charge is 0.492 e. The fourth-order valence-corrected chi connectivity index (χ4v) is 2.67. The number of amides is 1. The number of hydrogen-bond donors (Lipinski definition) is 0. The molecule has 104 valence electrons. The van der Waals surface area contributed by atoms with E-state index in [1.807, 2.05) is 29.2 Å². The average molecular weight is 326 g/mol. The van der Waals surface area contributed by atoms with E-state index >= 15 is 0 Å². The third-order valence-corrected chi connectivity index (χ3v) is 4.11. The maximum atomic E-state index is 11.8. The van der Waals surface area contributed by atoms with Crippen molar-refractivity contribution in [2.45, 2.75) is 20.3 Å². The summed E-state index contributed by atoms with van der Waals surface area (Å²) in [6.45, 7) is 6.46. The molecule has 1 saturated heterocycles. The first-order valence-electron chi connectivity index (χ1n) is 6.72. The van der Waals surface area contributed by atoms with Gasteiger partial charge in [0, 0.05) is 17.4 Å². The van der Waals surface area contributed by atoms with E-state index in [2.05, 4.69) is 29.8 Å². The van der Waals surface area contributed by atoms with Crippen LogP contribution >= 0.6 is 15.9 Å². The van der Waals surface area contributed by atoms with Gasteiger partial charge in [0.1, 0.15) is 12.4 Å². The molecule has 2 rings (SSSR count). The topological polar surface area (TPSA) is 29.5 Å². The van der Waals surface area contributed by atoms with Crippen LogP contribution in [0.5, 0.6) is 5.75 Å². The Balaban J connectivity index is 1.79. The van der Waals surface area contributed by atoms with Gasteiger partial charge in [0.25, 0.3) is 0 Å². The summed E-state index contributed by atoms with van der Waals surface area (Å²) < 4.78 is 6.67. The SMILES string of the molecule is CC(C)C1CC(=O)N(CCOc2cccc(Br)c2)C1. The molecule has 1 aromatic rings. The number of hydrogen-bond acceptors (Lipinski definition) is 2. The van der Waals surface area contributed by atoms with E-state index in [4.69, 9.17) is 4.74 Å². The Bertz CT molecular complexity index is 448. The number of halogens is 1. The van der Waals surface area contributed by atoms with E-state index in [9.17, 15) is 4.79 Å². The van der Waals surface area contributed by atoms with Gasteiger partial charge in [0.15, 0.2) is 0 Å². The number of carbonyl (C=O) groups is 1. The summed E-state index contributed by atoms with van der Waals surface area (Å²) in [4.78, 5) is 13.8. The highest BCUT2D eigenvalue weighted by atomic mass is 79.9. The van der Waals surface area contributed by atoms with Gasteiger partial charge in [-0.3, -0.25) is 4.79 Å². The lowest BCUT2D eigenvalue weighted by molar-refractivity contribution is -0.128. The normalized spacial score (nSPS) is 19.3. The zero-order valence-electron chi connectivity index (χ0n) is 11.4. The van der Waals surface area contributed by atoms with Crippen molar-refractivity contribution < 1.29 is 9.53 Å². The van der Waals surface area contributed by atoms with Crippen LogP contribution in [0.2, 0.25) is 0 Å². The van der Waals surface area contributed by atoms with Gasteiger partial charge >= 0.3 is 0 Å². The first-order chi connectivity index (χ1) is 9.06. The molecular weight excluding hydrogens is 306 g/mol. The third-order valence-electron chi connectivity index (χ3n) is 3.61. The minimum Gasteiger partial charge on any atom is -0.492 e. The molecule has 0 aromatic heterocycles. The maximum absolute atomic E-state index is 11.8. The van der Waals surface area contributed by atoms with Gasteiger partial charge in [-0.25, -0.2) is 0 Å². The predicted molar refractivity (Wildman–Crippen MR) is 79.2 cm³/mol. The Hall–Kier alpha value is -1.03. The average Bonchev–Trinajstić information content (AvgIpc) is 2.71. The Kier molecular flexibility index (Phi) is 4.86. The van der Waals surface area contributed by atoms with Crippen molar-refractivity contribution in [3.8, 4) is 5.75 Å². The Morgan fingerprint density at radius 1 is 1.47 bits per heavy atom. The van der Waals surface area contributed by atoms with Crippen molar-refractivity contribution in [1.29, 1.82) is 0 Å². The second kappa shape index (κ2) is 6.42. The second-order valence-corrected chi connectivity index (χ2v) is 6.27. The van der Waals surface area contributed by atoms with Crippen molar-refractivity contribution in [2.75, 3.05) is 19.7 Å². The molecule has 0 bridgehead atoms.